The maximum absolute atomic E-state index is 3.61. The highest BCUT2D eigenvalue weighted by Crippen LogP contribution is 2.28. The van der Waals surface area contributed by atoms with Crippen molar-refractivity contribution in [2.45, 2.75) is 37.6 Å². The number of thioether (sulfide) groups is 1. The largest absolute Gasteiger partial charge is 0.378 e. The standard InChI is InChI=1S/C18H23NS/c1-13(2)15-9-11-16(12-10-15)14(3)19-17-7-5-6-8-18(17)20-4/h5-14,19H,1-4H3. The van der Waals surface area contributed by atoms with Crippen molar-refractivity contribution in [1.82, 2.24) is 0 Å². The summed E-state index contributed by atoms with van der Waals surface area (Å²) in [6, 6.07) is 17.7. The molecular formula is C18H23NS. The summed E-state index contributed by atoms with van der Waals surface area (Å²) < 4.78 is 0. The highest BCUT2D eigenvalue weighted by Gasteiger charge is 2.08. The summed E-state index contributed by atoms with van der Waals surface area (Å²) in [5, 5.41) is 3.61. The first-order chi connectivity index (χ1) is 9.61. The molecule has 0 saturated carbocycles. The molecule has 0 fully saturated rings. The summed E-state index contributed by atoms with van der Waals surface area (Å²) in [7, 11) is 0. The van der Waals surface area contributed by atoms with Gasteiger partial charge in [-0.2, -0.15) is 0 Å². The first-order valence-corrected chi connectivity index (χ1v) is 8.33. The fourth-order valence-electron chi connectivity index (χ4n) is 2.25. The Balaban J connectivity index is 2.13. The van der Waals surface area contributed by atoms with Crippen LogP contribution >= 0.6 is 11.8 Å². The van der Waals surface area contributed by atoms with E-state index in [1.807, 2.05) is 0 Å². The van der Waals surface area contributed by atoms with Crippen LogP contribution in [-0.4, -0.2) is 6.26 Å². The average molecular weight is 285 g/mol. The van der Waals surface area contributed by atoms with Crippen LogP contribution in [0.3, 0.4) is 0 Å². The Morgan fingerprint density at radius 1 is 0.850 bits per heavy atom. The second-order valence-electron chi connectivity index (χ2n) is 5.39. The Morgan fingerprint density at radius 2 is 1.45 bits per heavy atom. The minimum Gasteiger partial charge on any atom is -0.378 e. The van der Waals surface area contributed by atoms with Gasteiger partial charge in [-0.05, 0) is 42.4 Å². The van der Waals surface area contributed by atoms with E-state index in [4.69, 9.17) is 0 Å². The summed E-state index contributed by atoms with van der Waals surface area (Å²) in [5.41, 5.74) is 3.93. The quantitative estimate of drug-likeness (QED) is 0.707. The van der Waals surface area contributed by atoms with Crippen molar-refractivity contribution in [3.8, 4) is 0 Å². The second-order valence-corrected chi connectivity index (χ2v) is 6.24. The lowest BCUT2D eigenvalue weighted by Crippen LogP contribution is -2.07. The third-order valence-corrected chi connectivity index (χ3v) is 4.38. The summed E-state index contributed by atoms with van der Waals surface area (Å²) >= 11 is 1.78. The molecule has 0 aliphatic heterocycles. The number of benzene rings is 2. The fourth-order valence-corrected chi connectivity index (χ4v) is 2.81. The molecule has 0 radical (unpaired) electrons. The number of nitrogens with one attached hydrogen (secondary N) is 1. The van der Waals surface area contributed by atoms with E-state index in [9.17, 15) is 0 Å². The third-order valence-electron chi connectivity index (χ3n) is 3.58. The van der Waals surface area contributed by atoms with E-state index in [1.54, 1.807) is 11.8 Å². The molecular weight excluding hydrogens is 262 g/mol. The molecule has 0 bridgehead atoms. The molecule has 0 aromatic heterocycles. The molecule has 1 nitrogen and oxygen atoms in total. The molecule has 1 N–H and O–H groups in total. The van der Waals surface area contributed by atoms with Gasteiger partial charge in [0.05, 0.1) is 0 Å². The molecule has 1 unspecified atom stereocenters. The lowest BCUT2D eigenvalue weighted by molar-refractivity contribution is 0.850. The van der Waals surface area contributed by atoms with Crippen LogP contribution in [0.1, 0.15) is 43.9 Å². The maximum atomic E-state index is 3.61. The molecule has 0 aliphatic rings. The maximum Gasteiger partial charge on any atom is 0.0486 e. The van der Waals surface area contributed by atoms with Gasteiger partial charge < -0.3 is 5.32 Å². The van der Waals surface area contributed by atoms with Crippen molar-refractivity contribution in [3.05, 3.63) is 59.7 Å². The Morgan fingerprint density at radius 3 is 2.05 bits per heavy atom. The lowest BCUT2D eigenvalue weighted by Gasteiger charge is -2.18. The number of rotatable bonds is 5. The molecule has 2 aromatic carbocycles. The van der Waals surface area contributed by atoms with Crippen LogP contribution in [0.25, 0.3) is 0 Å². The average Bonchev–Trinajstić information content (AvgIpc) is 2.48. The van der Waals surface area contributed by atoms with Crippen molar-refractivity contribution in [2.24, 2.45) is 0 Å². The predicted octanol–water partition coefficient (Wildman–Crippen LogP) is 5.71. The molecule has 1 atom stereocenters. The van der Waals surface area contributed by atoms with E-state index in [2.05, 4.69) is 80.9 Å². The molecule has 0 saturated heterocycles. The zero-order valence-corrected chi connectivity index (χ0v) is 13.5. The van der Waals surface area contributed by atoms with Gasteiger partial charge in [-0.15, -0.1) is 11.8 Å². The highest BCUT2D eigenvalue weighted by atomic mass is 32.2. The van der Waals surface area contributed by atoms with Crippen LogP contribution < -0.4 is 5.32 Å². The van der Waals surface area contributed by atoms with E-state index in [-0.39, 0.29) is 0 Å². The van der Waals surface area contributed by atoms with Gasteiger partial charge in [0.1, 0.15) is 0 Å². The van der Waals surface area contributed by atoms with Crippen molar-refractivity contribution in [2.75, 3.05) is 11.6 Å². The molecule has 2 aromatic rings. The molecule has 2 rings (SSSR count). The van der Waals surface area contributed by atoms with Gasteiger partial charge in [0.2, 0.25) is 0 Å². The SMILES string of the molecule is CSc1ccccc1NC(C)c1ccc(C(C)C)cc1. The smallest absolute Gasteiger partial charge is 0.0486 e. The van der Waals surface area contributed by atoms with Gasteiger partial charge in [0, 0.05) is 16.6 Å². The molecule has 20 heavy (non-hydrogen) atoms. The first kappa shape index (κ1) is 15.0. The minimum atomic E-state index is 0.310. The summed E-state index contributed by atoms with van der Waals surface area (Å²) in [6.45, 7) is 6.66. The molecule has 0 heterocycles. The monoisotopic (exact) mass is 285 g/mol. The van der Waals surface area contributed by atoms with E-state index in [0.29, 0.717) is 12.0 Å². The Labute approximate surface area is 126 Å². The van der Waals surface area contributed by atoms with Gasteiger partial charge in [0.15, 0.2) is 0 Å². The Hall–Kier alpha value is -1.41. The van der Waals surface area contributed by atoms with Crippen molar-refractivity contribution in [1.29, 1.82) is 0 Å². The Kier molecular flexibility index (Phi) is 5.13. The van der Waals surface area contributed by atoms with E-state index in [1.165, 1.54) is 21.7 Å². The molecule has 0 spiro atoms. The number of hydrogen-bond acceptors (Lipinski definition) is 2. The van der Waals surface area contributed by atoms with E-state index in [0.717, 1.165) is 0 Å². The summed E-state index contributed by atoms with van der Waals surface area (Å²) in [4.78, 5) is 1.29. The van der Waals surface area contributed by atoms with Crippen molar-refractivity contribution < 1.29 is 0 Å². The van der Waals surface area contributed by atoms with Crippen molar-refractivity contribution >= 4 is 17.4 Å². The molecule has 0 aliphatic carbocycles. The van der Waals surface area contributed by atoms with Crippen LogP contribution in [-0.2, 0) is 0 Å². The summed E-state index contributed by atoms with van der Waals surface area (Å²) in [6.07, 6.45) is 2.11. The van der Waals surface area contributed by atoms with Crippen LogP contribution in [0.15, 0.2) is 53.4 Å². The zero-order valence-electron chi connectivity index (χ0n) is 12.7. The van der Waals surface area contributed by atoms with E-state index < -0.39 is 0 Å². The van der Waals surface area contributed by atoms with E-state index >= 15 is 0 Å². The van der Waals surface area contributed by atoms with Gasteiger partial charge >= 0.3 is 0 Å². The van der Waals surface area contributed by atoms with Crippen molar-refractivity contribution in [3.63, 3.8) is 0 Å². The van der Waals surface area contributed by atoms with Crippen LogP contribution in [0.4, 0.5) is 5.69 Å². The number of anilines is 1. The molecule has 2 heteroatoms. The first-order valence-electron chi connectivity index (χ1n) is 7.11. The third kappa shape index (κ3) is 3.57. The zero-order chi connectivity index (χ0) is 14.5. The fraction of sp³-hybridized carbons (Fsp3) is 0.333. The summed E-state index contributed by atoms with van der Waals surface area (Å²) in [5.74, 6) is 0.588. The van der Waals surface area contributed by atoms with Gasteiger partial charge in [-0.3, -0.25) is 0 Å². The normalized spacial score (nSPS) is 12.4. The topological polar surface area (TPSA) is 12.0 Å². The minimum absolute atomic E-state index is 0.310. The Bertz CT molecular complexity index is 546. The number of para-hydroxylation sites is 1. The molecule has 106 valence electrons. The lowest BCUT2D eigenvalue weighted by atomic mass is 9.99. The van der Waals surface area contributed by atoms with Crippen LogP contribution in [0.2, 0.25) is 0 Å². The number of hydrogen-bond donors (Lipinski definition) is 1. The molecule has 0 amide bonds. The van der Waals surface area contributed by atoms with Gasteiger partial charge in [0.25, 0.3) is 0 Å². The second kappa shape index (κ2) is 6.85. The van der Waals surface area contributed by atoms with Crippen LogP contribution in [0.5, 0.6) is 0 Å². The highest BCUT2D eigenvalue weighted by molar-refractivity contribution is 7.98. The van der Waals surface area contributed by atoms with Gasteiger partial charge in [-0.25, -0.2) is 0 Å². The van der Waals surface area contributed by atoms with Crippen LogP contribution in [0, 0.1) is 0 Å². The predicted molar refractivity (Wildman–Crippen MR) is 90.8 cm³/mol. The van der Waals surface area contributed by atoms with Gasteiger partial charge in [-0.1, -0.05) is 50.2 Å².